The maximum Gasteiger partial charge on any atom is 0.0801 e. The number of aryl methyl sites for hydroxylation is 2. The molecule has 0 saturated heterocycles. The minimum absolute atomic E-state index is 0.00688. The fraction of sp³-hybridized carbons (Fsp3) is 0.429. The summed E-state index contributed by atoms with van der Waals surface area (Å²) in [5.74, 6) is 0. The van der Waals surface area contributed by atoms with E-state index in [0.29, 0.717) is 0 Å². The summed E-state index contributed by atoms with van der Waals surface area (Å²) in [4.78, 5) is 1.12. The topological polar surface area (TPSA) is 51.8 Å². The van der Waals surface area contributed by atoms with Crippen LogP contribution >= 0.6 is 11.5 Å². The molecule has 0 aliphatic carbocycles. The van der Waals surface area contributed by atoms with E-state index in [0.717, 1.165) is 29.8 Å². The second-order valence-electron chi connectivity index (χ2n) is 4.42. The number of rotatable bonds is 5. The Hall–Kier alpha value is -1.26. The summed E-state index contributed by atoms with van der Waals surface area (Å²) in [6, 6.07) is 8.69. The molecule has 4 heteroatoms. The van der Waals surface area contributed by atoms with Crippen molar-refractivity contribution in [2.45, 2.75) is 39.2 Å². The SMILES string of the molecule is CCc1ccc(CC(N)c2snnc2CC)cc1. The van der Waals surface area contributed by atoms with Crippen molar-refractivity contribution in [2.75, 3.05) is 0 Å². The van der Waals surface area contributed by atoms with Crippen LogP contribution in [0.2, 0.25) is 0 Å². The monoisotopic (exact) mass is 261 g/mol. The van der Waals surface area contributed by atoms with Crippen molar-refractivity contribution in [1.29, 1.82) is 0 Å². The zero-order valence-corrected chi connectivity index (χ0v) is 11.7. The van der Waals surface area contributed by atoms with Crippen LogP contribution in [0.1, 0.15) is 41.6 Å². The summed E-state index contributed by atoms with van der Waals surface area (Å²) in [5, 5.41) is 4.11. The van der Waals surface area contributed by atoms with Crippen LogP contribution < -0.4 is 5.73 Å². The molecule has 0 amide bonds. The molecule has 1 aromatic heterocycles. The fourth-order valence-electron chi connectivity index (χ4n) is 2.00. The summed E-state index contributed by atoms with van der Waals surface area (Å²) in [5.41, 5.74) is 9.92. The largest absolute Gasteiger partial charge is 0.323 e. The Morgan fingerprint density at radius 2 is 1.78 bits per heavy atom. The Bertz CT molecular complexity index is 490. The molecule has 96 valence electrons. The van der Waals surface area contributed by atoms with E-state index in [2.05, 4.69) is 47.7 Å². The molecular formula is C14H19N3S. The maximum absolute atomic E-state index is 6.25. The van der Waals surface area contributed by atoms with Gasteiger partial charge in [-0.15, -0.1) is 5.10 Å². The predicted octanol–water partition coefficient (Wildman–Crippen LogP) is 2.91. The molecule has 0 bridgehead atoms. The van der Waals surface area contributed by atoms with E-state index in [9.17, 15) is 0 Å². The highest BCUT2D eigenvalue weighted by Crippen LogP contribution is 2.22. The van der Waals surface area contributed by atoms with Crippen molar-refractivity contribution in [3.8, 4) is 0 Å². The fourth-order valence-corrected chi connectivity index (χ4v) is 2.74. The first-order valence-electron chi connectivity index (χ1n) is 6.39. The van der Waals surface area contributed by atoms with Gasteiger partial charge in [0.15, 0.2) is 0 Å². The van der Waals surface area contributed by atoms with E-state index in [1.165, 1.54) is 22.7 Å². The van der Waals surface area contributed by atoms with Crippen molar-refractivity contribution >= 4 is 11.5 Å². The summed E-state index contributed by atoms with van der Waals surface area (Å²) in [7, 11) is 0. The Morgan fingerprint density at radius 3 is 2.39 bits per heavy atom. The molecule has 2 N–H and O–H groups in total. The van der Waals surface area contributed by atoms with Gasteiger partial charge in [-0.1, -0.05) is 42.6 Å². The summed E-state index contributed by atoms with van der Waals surface area (Å²) >= 11 is 1.42. The molecule has 1 unspecified atom stereocenters. The number of nitrogens with zero attached hydrogens (tertiary/aromatic N) is 2. The first-order valence-corrected chi connectivity index (χ1v) is 7.16. The summed E-state index contributed by atoms with van der Waals surface area (Å²) < 4.78 is 3.99. The van der Waals surface area contributed by atoms with Crippen LogP contribution in [0, 0.1) is 0 Å². The van der Waals surface area contributed by atoms with Crippen LogP contribution in [-0.4, -0.2) is 9.59 Å². The lowest BCUT2D eigenvalue weighted by atomic mass is 10.0. The van der Waals surface area contributed by atoms with Gasteiger partial charge in [0, 0.05) is 6.04 Å². The average molecular weight is 261 g/mol. The lowest BCUT2D eigenvalue weighted by Gasteiger charge is -2.10. The molecule has 1 heterocycles. The van der Waals surface area contributed by atoms with Crippen molar-refractivity contribution in [3.05, 3.63) is 46.0 Å². The quantitative estimate of drug-likeness (QED) is 0.900. The molecule has 2 rings (SSSR count). The third-order valence-electron chi connectivity index (χ3n) is 3.14. The van der Waals surface area contributed by atoms with E-state index < -0.39 is 0 Å². The molecule has 0 aliphatic rings. The van der Waals surface area contributed by atoms with Gasteiger partial charge < -0.3 is 5.73 Å². The zero-order valence-electron chi connectivity index (χ0n) is 10.9. The van der Waals surface area contributed by atoms with Gasteiger partial charge in [0.1, 0.15) is 0 Å². The molecule has 0 saturated carbocycles. The highest BCUT2D eigenvalue weighted by molar-refractivity contribution is 7.05. The third kappa shape index (κ3) is 2.94. The first-order chi connectivity index (χ1) is 8.74. The number of nitrogens with two attached hydrogens (primary N) is 1. The number of benzene rings is 1. The Kier molecular flexibility index (Phi) is 4.44. The molecule has 0 spiro atoms. The van der Waals surface area contributed by atoms with Crippen LogP contribution in [0.4, 0.5) is 0 Å². The lowest BCUT2D eigenvalue weighted by molar-refractivity contribution is 0.722. The van der Waals surface area contributed by atoms with Crippen molar-refractivity contribution in [2.24, 2.45) is 5.73 Å². The number of hydrogen-bond acceptors (Lipinski definition) is 4. The van der Waals surface area contributed by atoms with Gasteiger partial charge in [-0.05, 0) is 41.9 Å². The minimum Gasteiger partial charge on any atom is -0.323 e. The van der Waals surface area contributed by atoms with E-state index in [4.69, 9.17) is 5.73 Å². The normalized spacial score (nSPS) is 12.6. The van der Waals surface area contributed by atoms with Crippen LogP contribution in [0.25, 0.3) is 0 Å². The van der Waals surface area contributed by atoms with Crippen LogP contribution in [0.3, 0.4) is 0 Å². The molecule has 2 aromatic rings. The summed E-state index contributed by atoms with van der Waals surface area (Å²) in [6.07, 6.45) is 2.82. The van der Waals surface area contributed by atoms with Crippen LogP contribution in [0.5, 0.6) is 0 Å². The third-order valence-corrected chi connectivity index (χ3v) is 4.04. The van der Waals surface area contributed by atoms with Gasteiger partial charge in [-0.25, -0.2) is 0 Å². The van der Waals surface area contributed by atoms with Crippen molar-refractivity contribution in [1.82, 2.24) is 9.59 Å². The van der Waals surface area contributed by atoms with Gasteiger partial charge in [0.05, 0.1) is 10.6 Å². The second kappa shape index (κ2) is 6.07. The van der Waals surface area contributed by atoms with Gasteiger partial charge in [-0.3, -0.25) is 0 Å². The van der Waals surface area contributed by atoms with E-state index >= 15 is 0 Å². The van der Waals surface area contributed by atoms with E-state index in [1.54, 1.807) is 0 Å². The zero-order chi connectivity index (χ0) is 13.0. The number of hydrogen-bond donors (Lipinski definition) is 1. The van der Waals surface area contributed by atoms with Gasteiger partial charge in [-0.2, -0.15) is 0 Å². The second-order valence-corrected chi connectivity index (χ2v) is 5.20. The maximum atomic E-state index is 6.25. The van der Waals surface area contributed by atoms with E-state index in [-0.39, 0.29) is 6.04 Å². The molecule has 0 aliphatic heterocycles. The predicted molar refractivity (Wildman–Crippen MR) is 75.7 cm³/mol. The Labute approximate surface area is 112 Å². The van der Waals surface area contributed by atoms with Crippen LogP contribution in [0.15, 0.2) is 24.3 Å². The van der Waals surface area contributed by atoms with Crippen molar-refractivity contribution < 1.29 is 0 Å². The Morgan fingerprint density at radius 1 is 1.11 bits per heavy atom. The molecule has 0 radical (unpaired) electrons. The van der Waals surface area contributed by atoms with Gasteiger partial charge in [0.2, 0.25) is 0 Å². The first kappa shape index (κ1) is 13.2. The highest BCUT2D eigenvalue weighted by atomic mass is 32.1. The number of aromatic nitrogens is 2. The molecule has 3 nitrogen and oxygen atoms in total. The highest BCUT2D eigenvalue weighted by Gasteiger charge is 2.14. The Balaban J connectivity index is 2.08. The van der Waals surface area contributed by atoms with Crippen molar-refractivity contribution in [3.63, 3.8) is 0 Å². The average Bonchev–Trinajstić information content (AvgIpc) is 2.88. The van der Waals surface area contributed by atoms with E-state index in [1.807, 2.05) is 0 Å². The summed E-state index contributed by atoms with van der Waals surface area (Å²) in [6.45, 7) is 4.25. The standard InChI is InChI=1S/C14H19N3S/c1-3-10-5-7-11(8-6-10)9-12(15)14-13(4-2)16-17-18-14/h5-8,12H,3-4,9,15H2,1-2H3. The molecule has 1 aromatic carbocycles. The molecule has 0 fully saturated rings. The lowest BCUT2D eigenvalue weighted by Crippen LogP contribution is -2.13. The molecular weight excluding hydrogens is 242 g/mol. The van der Waals surface area contributed by atoms with Crippen LogP contribution in [-0.2, 0) is 19.3 Å². The van der Waals surface area contributed by atoms with Gasteiger partial charge in [0.25, 0.3) is 0 Å². The molecule has 18 heavy (non-hydrogen) atoms. The smallest absolute Gasteiger partial charge is 0.0801 e. The van der Waals surface area contributed by atoms with Gasteiger partial charge >= 0.3 is 0 Å². The molecule has 1 atom stereocenters. The minimum atomic E-state index is 0.00688.